The van der Waals surface area contributed by atoms with E-state index in [1.54, 1.807) is 0 Å². The summed E-state index contributed by atoms with van der Waals surface area (Å²) in [5, 5.41) is 0. The maximum absolute atomic E-state index is 4.05. The van der Waals surface area contributed by atoms with Crippen LogP contribution in [0.25, 0.3) is 5.57 Å². The normalized spacial score (nSPS) is 10.5. The standard InChI is InChI=1S/C12H18S/c1-6-7-11-9(4)13-10(5)12(11)8(2)3/h2,6-7H2,1,3-5H3. The van der Waals surface area contributed by atoms with Crippen molar-refractivity contribution >= 4 is 16.9 Å². The van der Waals surface area contributed by atoms with Crippen molar-refractivity contribution < 1.29 is 0 Å². The molecule has 0 aliphatic heterocycles. The molecule has 0 atom stereocenters. The Bertz CT molecular complexity index is 318. The third kappa shape index (κ3) is 2.02. The van der Waals surface area contributed by atoms with Gasteiger partial charge in [-0.1, -0.05) is 19.9 Å². The molecule has 0 radical (unpaired) electrons. The van der Waals surface area contributed by atoms with Crippen LogP contribution < -0.4 is 0 Å². The van der Waals surface area contributed by atoms with E-state index in [0.29, 0.717) is 0 Å². The highest BCUT2D eigenvalue weighted by Gasteiger charge is 2.11. The van der Waals surface area contributed by atoms with E-state index in [-0.39, 0.29) is 0 Å². The lowest BCUT2D eigenvalue weighted by molar-refractivity contribution is 0.916. The highest BCUT2D eigenvalue weighted by atomic mass is 32.1. The fourth-order valence-corrected chi connectivity index (χ4v) is 3.03. The fourth-order valence-electron chi connectivity index (χ4n) is 1.84. The van der Waals surface area contributed by atoms with Gasteiger partial charge in [0, 0.05) is 9.75 Å². The molecule has 1 heteroatoms. The van der Waals surface area contributed by atoms with Crippen molar-refractivity contribution in [2.75, 3.05) is 0 Å². The molecule has 1 rings (SSSR count). The van der Waals surface area contributed by atoms with Crippen LogP contribution in [0.1, 0.15) is 41.1 Å². The smallest absolute Gasteiger partial charge is 0.00947 e. The summed E-state index contributed by atoms with van der Waals surface area (Å²) in [6.07, 6.45) is 2.41. The van der Waals surface area contributed by atoms with E-state index in [1.165, 1.54) is 39.3 Å². The maximum atomic E-state index is 4.05. The monoisotopic (exact) mass is 194 g/mol. The number of hydrogen-bond acceptors (Lipinski definition) is 1. The lowest BCUT2D eigenvalue weighted by Gasteiger charge is -2.04. The summed E-state index contributed by atoms with van der Waals surface area (Å²) in [5.41, 5.74) is 4.16. The van der Waals surface area contributed by atoms with Crippen LogP contribution in [0.2, 0.25) is 0 Å². The fraction of sp³-hybridized carbons (Fsp3) is 0.500. The summed E-state index contributed by atoms with van der Waals surface area (Å²) in [4.78, 5) is 2.89. The van der Waals surface area contributed by atoms with Crippen LogP contribution in [0.3, 0.4) is 0 Å². The first-order valence-corrected chi connectivity index (χ1v) is 5.64. The molecule has 0 unspecified atom stereocenters. The van der Waals surface area contributed by atoms with Crippen LogP contribution in [-0.4, -0.2) is 0 Å². The maximum Gasteiger partial charge on any atom is 0.00947 e. The van der Waals surface area contributed by atoms with E-state index in [1.807, 2.05) is 11.3 Å². The highest BCUT2D eigenvalue weighted by Crippen LogP contribution is 2.32. The second-order valence-electron chi connectivity index (χ2n) is 3.60. The van der Waals surface area contributed by atoms with E-state index >= 15 is 0 Å². The Labute approximate surface area is 85.3 Å². The third-order valence-electron chi connectivity index (χ3n) is 2.31. The zero-order valence-electron chi connectivity index (χ0n) is 9.03. The Morgan fingerprint density at radius 1 is 1.31 bits per heavy atom. The number of hydrogen-bond donors (Lipinski definition) is 0. The molecule has 0 saturated carbocycles. The average Bonchev–Trinajstić information content (AvgIpc) is 2.27. The number of thiophene rings is 1. The van der Waals surface area contributed by atoms with Gasteiger partial charge in [-0.2, -0.15) is 0 Å². The summed E-state index contributed by atoms with van der Waals surface area (Å²) in [7, 11) is 0. The Kier molecular flexibility index (Phi) is 3.32. The van der Waals surface area contributed by atoms with Gasteiger partial charge in [0.1, 0.15) is 0 Å². The number of aryl methyl sites for hydroxylation is 2. The largest absolute Gasteiger partial charge is 0.145 e. The minimum absolute atomic E-state index is 1.19. The molecule has 0 saturated heterocycles. The first-order chi connectivity index (χ1) is 6.07. The molecule has 1 heterocycles. The van der Waals surface area contributed by atoms with E-state index in [9.17, 15) is 0 Å². The van der Waals surface area contributed by atoms with Gasteiger partial charge in [-0.05, 0) is 43.9 Å². The van der Waals surface area contributed by atoms with E-state index < -0.39 is 0 Å². The van der Waals surface area contributed by atoms with Crippen LogP contribution in [0.4, 0.5) is 0 Å². The molecule has 0 spiro atoms. The lowest BCUT2D eigenvalue weighted by atomic mass is 10.00. The van der Waals surface area contributed by atoms with Gasteiger partial charge in [0.25, 0.3) is 0 Å². The van der Waals surface area contributed by atoms with Crippen molar-refractivity contribution in [2.24, 2.45) is 0 Å². The van der Waals surface area contributed by atoms with Crippen molar-refractivity contribution in [2.45, 2.75) is 40.5 Å². The van der Waals surface area contributed by atoms with Gasteiger partial charge in [0.15, 0.2) is 0 Å². The zero-order valence-corrected chi connectivity index (χ0v) is 9.85. The van der Waals surface area contributed by atoms with Gasteiger partial charge in [-0.15, -0.1) is 11.3 Å². The van der Waals surface area contributed by atoms with Crippen molar-refractivity contribution in [1.82, 2.24) is 0 Å². The van der Waals surface area contributed by atoms with Crippen molar-refractivity contribution in [3.8, 4) is 0 Å². The molecule has 0 bridgehead atoms. The third-order valence-corrected chi connectivity index (χ3v) is 3.37. The first-order valence-electron chi connectivity index (χ1n) is 4.82. The van der Waals surface area contributed by atoms with Crippen molar-refractivity contribution in [3.63, 3.8) is 0 Å². The Hall–Kier alpha value is -0.560. The van der Waals surface area contributed by atoms with Crippen LogP contribution in [-0.2, 0) is 6.42 Å². The zero-order chi connectivity index (χ0) is 10.0. The van der Waals surface area contributed by atoms with Gasteiger partial charge < -0.3 is 0 Å². The van der Waals surface area contributed by atoms with Crippen LogP contribution in [0.15, 0.2) is 6.58 Å². The van der Waals surface area contributed by atoms with Gasteiger partial charge >= 0.3 is 0 Å². The molecular weight excluding hydrogens is 176 g/mol. The number of rotatable bonds is 3. The minimum Gasteiger partial charge on any atom is -0.145 e. The Morgan fingerprint density at radius 2 is 1.92 bits per heavy atom. The first kappa shape index (κ1) is 10.5. The lowest BCUT2D eigenvalue weighted by Crippen LogP contribution is -1.89. The number of allylic oxidation sites excluding steroid dienone is 1. The minimum atomic E-state index is 1.19. The van der Waals surface area contributed by atoms with Gasteiger partial charge in [0.2, 0.25) is 0 Å². The molecule has 0 fully saturated rings. The molecule has 0 aromatic carbocycles. The van der Waals surface area contributed by atoms with Crippen LogP contribution in [0.5, 0.6) is 0 Å². The van der Waals surface area contributed by atoms with Crippen molar-refractivity contribution in [3.05, 3.63) is 27.5 Å². The molecular formula is C12H18S. The molecule has 0 aliphatic rings. The summed E-state index contributed by atoms with van der Waals surface area (Å²) in [5.74, 6) is 0. The predicted molar refractivity (Wildman–Crippen MR) is 62.5 cm³/mol. The van der Waals surface area contributed by atoms with E-state index in [4.69, 9.17) is 0 Å². The SMILES string of the molecule is C=C(C)c1c(C)sc(C)c1CCC. The summed E-state index contributed by atoms with van der Waals surface area (Å²) in [6, 6.07) is 0. The van der Waals surface area contributed by atoms with E-state index in [2.05, 4.69) is 34.3 Å². The second kappa shape index (κ2) is 4.10. The predicted octanol–water partition coefficient (Wildman–Crippen LogP) is 4.35. The molecule has 13 heavy (non-hydrogen) atoms. The summed E-state index contributed by atoms with van der Waals surface area (Å²) < 4.78 is 0. The molecule has 1 aromatic heterocycles. The van der Waals surface area contributed by atoms with Crippen LogP contribution >= 0.6 is 11.3 Å². The Balaban J connectivity index is 3.20. The molecule has 0 aliphatic carbocycles. The van der Waals surface area contributed by atoms with Crippen LogP contribution in [0, 0.1) is 13.8 Å². The van der Waals surface area contributed by atoms with Gasteiger partial charge in [-0.25, -0.2) is 0 Å². The van der Waals surface area contributed by atoms with Gasteiger partial charge in [0.05, 0.1) is 0 Å². The summed E-state index contributed by atoms with van der Waals surface area (Å²) in [6.45, 7) is 12.8. The average molecular weight is 194 g/mol. The Morgan fingerprint density at radius 3 is 2.38 bits per heavy atom. The molecule has 0 amide bonds. The van der Waals surface area contributed by atoms with E-state index in [0.717, 1.165) is 0 Å². The molecule has 1 aromatic rings. The quantitative estimate of drug-likeness (QED) is 0.671. The topological polar surface area (TPSA) is 0 Å². The molecule has 0 N–H and O–H groups in total. The second-order valence-corrected chi connectivity index (χ2v) is 5.03. The highest BCUT2D eigenvalue weighted by molar-refractivity contribution is 7.12. The van der Waals surface area contributed by atoms with Gasteiger partial charge in [-0.3, -0.25) is 0 Å². The van der Waals surface area contributed by atoms with Crippen molar-refractivity contribution in [1.29, 1.82) is 0 Å². The molecule has 0 nitrogen and oxygen atoms in total. The summed E-state index contributed by atoms with van der Waals surface area (Å²) >= 11 is 1.90. The molecule has 72 valence electrons.